The number of hydrogen-bond acceptors (Lipinski definition) is 3. The molecule has 0 saturated heterocycles. The van der Waals surface area contributed by atoms with Crippen LogP contribution in [0, 0.1) is 18.2 Å². The molecule has 4 nitrogen and oxygen atoms in total. The average molecular weight is 435 g/mol. The van der Waals surface area contributed by atoms with Crippen LogP contribution in [0.2, 0.25) is 0 Å². The van der Waals surface area contributed by atoms with Gasteiger partial charge in [-0.15, -0.1) is 11.8 Å². The number of benzene rings is 2. The van der Waals surface area contributed by atoms with Gasteiger partial charge in [-0.2, -0.15) is 5.10 Å². The lowest BCUT2D eigenvalue weighted by Gasteiger charge is -2.41. The number of thioether (sulfide) groups is 1. The van der Waals surface area contributed by atoms with Gasteiger partial charge in [-0.1, -0.05) is 23.3 Å². The Bertz CT molecular complexity index is 1170. The van der Waals surface area contributed by atoms with E-state index >= 15 is 0 Å². The molecule has 0 radical (unpaired) electrons. The molecule has 1 unspecified atom stereocenters. The van der Waals surface area contributed by atoms with Gasteiger partial charge in [0.25, 0.3) is 0 Å². The highest BCUT2D eigenvalue weighted by Crippen LogP contribution is 2.51. The molecule has 1 heterocycles. The topological polar surface area (TPSA) is 55.1 Å². The number of aryl methyl sites for hydroxylation is 1. The zero-order valence-corrected chi connectivity index (χ0v) is 18.0. The van der Waals surface area contributed by atoms with Gasteiger partial charge >= 0.3 is 5.97 Å². The molecule has 0 amide bonds. The summed E-state index contributed by atoms with van der Waals surface area (Å²) in [5.74, 6) is -1.05. The highest BCUT2D eigenvalue weighted by molar-refractivity contribution is 8.00. The van der Waals surface area contributed by atoms with E-state index in [9.17, 15) is 14.3 Å². The predicted molar refractivity (Wildman–Crippen MR) is 120 cm³/mol. The molecule has 2 aliphatic carbocycles. The number of aliphatic carboxylic acids is 1. The number of aromatic nitrogens is 2. The number of carboxylic acids is 1. The maximum Gasteiger partial charge on any atom is 0.314 e. The number of fused-ring (bicyclic) bond motifs is 2. The van der Waals surface area contributed by atoms with Crippen molar-refractivity contribution in [2.75, 3.05) is 0 Å². The first kappa shape index (κ1) is 20.1. The van der Waals surface area contributed by atoms with E-state index in [0.29, 0.717) is 12.8 Å². The Morgan fingerprint density at radius 3 is 2.65 bits per heavy atom. The predicted octanol–water partition coefficient (Wildman–Crippen LogP) is 5.68. The summed E-state index contributed by atoms with van der Waals surface area (Å²) in [6.45, 7) is 2.07. The largest absolute Gasteiger partial charge is 0.481 e. The normalized spacial score (nSPS) is 22.4. The number of nitrogens with zero attached hydrogens (tertiary/aromatic N) is 2. The fourth-order valence-corrected chi connectivity index (χ4v) is 6.03. The summed E-state index contributed by atoms with van der Waals surface area (Å²) in [7, 11) is 0. The van der Waals surface area contributed by atoms with Crippen LogP contribution in [0.1, 0.15) is 36.1 Å². The lowest BCUT2D eigenvalue weighted by Crippen LogP contribution is -2.42. The van der Waals surface area contributed by atoms with Crippen LogP contribution >= 0.6 is 11.8 Å². The third kappa shape index (κ3) is 3.59. The maximum atomic E-state index is 13.3. The second kappa shape index (κ2) is 7.68. The van der Waals surface area contributed by atoms with Gasteiger partial charge in [0.2, 0.25) is 0 Å². The maximum absolute atomic E-state index is 13.3. The third-order valence-corrected chi connectivity index (χ3v) is 7.70. The molecule has 2 atom stereocenters. The van der Waals surface area contributed by atoms with Gasteiger partial charge in [0, 0.05) is 10.1 Å². The van der Waals surface area contributed by atoms with Gasteiger partial charge in [-0.3, -0.25) is 4.79 Å². The van der Waals surface area contributed by atoms with Crippen LogP contribution in [0.25, 0.3) is 11.8 Å². The first-order valence-electron chi connectivity index (χ1n) is 10.5. The smallest absolute Gasteiger partial charge is 0.314 e. The number of carboxylic acid groups (broad SMARTS) is 1. The van der Waals surface area contributed by atoms with E-state index in [4.69, 9.17) is 0 Å². The summed E-state index contributed by atoms with van der Waals surface area (Å²) >= 11 is 1.78. The quantitative estimate of drug-likeness (QED) is 0.574. The van der Waals surface area contributed by atoms with Crippen LogP contribution in [-0.4, -0.2) is 26.1 Å². The molecule has 31 heavy (non-hydrogen) atoms. The molecule has 1 fully saturated rings. The fraction of sp³-hybridized carbons (Fsp3) is 0.280. The number of carbonyl (C=O) groups is 1. The first-order chi connectivity index (χ1) is 14.9. The minimum Gasteiger partial charge on any atom is -0.481 e. The molecular weight excluding hydrogens is 411 g/mol. The van der Waals surface area contributed by atoms with E-state index in [-0.39, 0.29) is 11.1 Å². The van der Waals surface area contributed by atoms with Crippen molar-refractivity contribution in [3.63, 3.8) is 0 Å². The van der Waals surface area contributed by atoms with Crippen LogP contribution in [0.15, 0.2) is 65.2 Å². The van der Waals surface area contributed by atoms with E-state index < -0.39 is 11.4 Å². The number of hydrogen-bond donors (Lipinski definition) is 1. The molecule has 158 valence electrons. The molecule has 1 N–H and O–H groups in total. The van der Waals surface area contributed by atoms with E-state index in [0.717, 1.165) is 35.4 Å². The van der Waals surface area contributed by atoms with Gasteiger partial charge in [0.15, 0.2) is 0 Å². The average Bonchev–Trinajstić information content (AvgIpc) is 3.16. The Hall–Kier alpha value is -2.86. The van der Waals surface area contributed by atoms with E-state index in [1.165, 1.54) is 22.6 Å². The molecule has 1 saturated carbocycles. The SMILES string of the molecule is Cc1ccc(SC2CCC3=Cc4c(cnn4-c4ccc(F)cc4)C[C@]3(C(=O)O)C2)cc1. The number of rotatable bonds is 4. The minimum absolute atomic E-state index is 0.254. The van der Waals surface area contributed by atoms with Crippen molar-refractivity contribution in [3.8, 4) is 5.69 Å². The highest BCUT2D eigenvalue weighted by atomic mass is 32.2. The molecule has 3 aromatic rings. The first-order valence-corrected chi connectivity index (χ1v) is 11.3. The Morgan fingerprint density at radius 1 is 1.19 bits per heavy atom. The molecule has 6 heteroatoms. The van der Waals surface area contributed by atoms with Crippen molar-refractivity contribution >= 4 is 23.8 Å². The Kier molecular flexibility index (Phi) is 4.97. The highest BCUT2D eigenvalue weighted by Gasteiger charge is 2.49. The summed E-state index contributed by atoms with van der Waals surface area (Å²) in [5.41, 5.74) is 3.91. The molecule has 0 bridgehead atoms. The molecular formula is C25H23FN2O2S. The van der Waals surface area contributed by atoms with Crippen LogP contribution in [0.4, 0.5) is 4.39 Å². The fourth-order valence-electron chi connectivity index (χ4n) is 4.74. The third-order valence-electron chi connectivity index (χ3n) is 6.42. The number of halogens is 1. The summed E-state index contributed by atoms with van der Waals surface area (Å²) < 4.78 is 15.1. The minimum atomic E-state index is -0.885. The van der Waals surface area contributed by atoms with Gasteiger partial charge in [0.05, 0.1) is 23.0 Å². The standard InChI is InChI=1S/C25H23FN2O2S/c1-16-2-9-21(10-3-16)31-22-11-4-18-12-23-17(13-25(18,14-22)24(29)30)15-27-28(23)20-7-5-19(26)6-8-20/h2-3,5-10,12,15,22H,4,11,13-14H2,1H3,(H,29,30)/t22?,25-/m0/s1. The van der Waals surface area contributed by atoms with Gasteiger partial charge < -0.3 is 5.11 Å². The Labute approximate surface area is 184 Å². The van der Waals surface area contributed by atoms with Gasteiger partial charge in [-0.25, -0.2) is 9.07 Å². The summed E-state index contributed by atoms with van der Waals surface area (Å²) in [5, 5.41) is 15.1. The molecule has 1 aromatic heterocycles. The Morgan fingerprint density at radius 2 is 1.94 bits per heavy atom. The van der Waals surface area contributed by atoms with Crippen molar-refractivity contribution in [3.05, 3.63) is 82.9 Å². The zero-order chi connectivity index (χ0) is 21.6. The van der Waals surface area contributed by atoms with Crippen molar-refractivity contribution in [2.45, 2.75) is 42.8 Å². The van der Waals surface area contributed by atoms with Gasteiger partial charge in [0.1, 0.15) is 5.82 Å². The summed E-state index contributed by atoms with van der Waals surface area (Å²) in [6, 6.07) is 14.6. The van der Waals surface area contributed by atoms with Crippen LogP contribution in [0.3, 0.4) is 0 Å². The molecule has 0 aliphatic heterocycles. The van der Waals surface area contributed by atoms with Crippen molar-refractivity contribution in [2.24, 2.45) is 5.41 Å². The molecule has 2 aromatic carbocycles. The lowest BCUT2D eigenvalue weighted by molar-refractivity contribution is -0.147. The van der Waals surface area contributed by atoms with Crippen molar-refractivity contribution < 1.29 is 14.3 Å². The van der Waals surface area contributed by atoms with E-state index in [1.54, 1.807) is 34.8 Å². The van der Waals surface area contributed by atoms with Crippen molar-refractivity contribution in [1.29, 1.82) is 0 Å². The lowest BCUT2D eigenvalue weighted by atomic mass is 9.64. The summed E-state index contributed by atoms with van der Waals surface area (Å²) in [6.07, 6.45) is 6.51. The van der Waals surface area contributed by atoms with Crippen molar-refractivity contribution in [1.82, 2.24) is 9.78 Å². The van der Waals surface area contributed by atoms with E-state index in [1.807, 2.05) is 6.08 Å². The molecule has 0 spiro atoms. The monoisotopic (exact) mass is 434 g/mol. The van der Waals surface area contributed by atoms with E-state index in [2.05, 4.69) is 36.3 Å². The summed E-state index contributed by atoms with van der Waals surface area (Å²) in [4.78, 5) is 13.7. The second-order valence-electron chi connectivity index (χ2n) is 8.47. The zero-order valence-electron chi connectivity index (χ0n) is 17.2. The molecule has 2 aliphatic rings. The second-order valence-corrected chi connectivity index (χ2v) is 9.85. The van der Waals surface area contributed by atoms with Crippen LogP contribution < -0.4 is 0 Å². The van der Waals surface area contributed by atoms with Gasteiger partial charge in [-0.05, 0) is 80.6 Å². The van der Waals surface area contributed by atoms with Crippen LogP contribution in [0.5, 0.6) is 0 Å². The Balaban J connectivity index is 1.46. The van der Waals surface area contributed by atoms with Crippen LogP contribution in [-0.2, 0) is 11.2 Å². The molecule has 5 rings (SSSR count).